The van der Waals surface area contributed by atoms with Crippen molar-refractivity contribution >= 4 is 29.2 Å². The van der Waals surface area contributed by atoms with E-state index in [2.05, 4.69) is 0 Å². The van der Waals surface area contributed by atoms with Crippen LogP contribution < -0.4 is 0 Å². The molecule has 0 aromatic rings. The van der Waals surface area contributed by atoms with Crippen LogP contribution in [0.1, 0.15) is 19.8 Å². The van der Waals surface area contributed by atoms with Crippen LogP contribution in [-0.4, -0.2) is 18.5 Å². The largest absolute Gasteiger partial charge is 0.466 e. The van der Waals surface area contributed by atoms with Gasteiger partial charge in [-0.2, -0.15) is 0 Å². The molecule has 0 saturated carbocycles. The molecule has 0 saturated heterocycles. The molecule has 0 fully saturated rings. The van der Waals surface area contributed by atoms with Gasteiger partial charge >= 0.3 is 5.97 Å². The molecule has 0 rings (SSSR count). The van der Waals surface area contributed by atoms with E-state index in [0.717, 1.165) is 12.8 Å². The van der Waals surface area contributed by atoms with E-state index in [4.69, 9.17) is 27.9 Å². The van der Waals surface area contributed by atoms with Gasteiger partial charge in [-0.1, -0.05) is 17.7 Å². The van der Waals surface area contributed by atoms with Gasteiger partial charge in [0.15, 0.2) is 0 Å². The van der Waals surface area contributed by atoms with Crippen LogP contribution in [0.5, 0.6) is 0 Å². The van der Waals surface area contributed by atoms with Gasteiger partial charge in [0.05, 0.1) is 12.5 Å². The summed E-state index contributed by atoms with van der Waals surface area (Å²) in [6.07, 6.45) is 3.41. The lowest BCUT2D eigenvalue weighted by Crippen LogP contribution is -1.99. The summed E-state index contributed by atoms with van der Waals surface area (Å²) < 4.78 is 4.71. The first-order chi connectivity index (χ1) is 5.66. The van der Waals surface area contributed by atoms with Crippen LogP contribution in [0.4, 0.5) is 0 Å². The Hall–Kier alpha value is -0.210. The highest BCUT2D eigenvalue weighted by Crippen LogP contribution is 2.05. The fraction of sp³-hybridized carbons (Fsp3) is 0.625. The second-order valence-electron chi connectivity index (χ2n) is 2.27. The zero-order valence-electron chi connectivity index (χ0n) is 6.98. The van der Waals surface area contributed by atoms with Crippen molar-refractivity contribution in [1.29, 1.82) is 0 Å². The quantitative estimate of drug-likeness (QED) is 0.397. The highest BCUT2D eigenvalue weighted by atomic mass is 35.5. The number of ether oxygens (including phenoxy) is 1. The number of allylic oxidation sites excluding steroid dienone is 2. The first-order valence-corrected chi connectivity index (χ1v) is 4.62. The maximum atomic E-state index is 10.3. The standard InChI is InChI=1S/C8H12Cl2O2/c1-7(11)12-5-3-2-4-8(10)6-9/h4H,2-3,5-6H2,1H3. The molecule has 0 bridgehead atoms. The number of hydrogen-bond donors (Lipinski definition) is 0. The third-order valence-electron chi connectivity index (χ3n) is 1.15. The average molecular weight is 211 g/mol. The Bertz CT molecular complexity index is 166. The van der Waals surface area contributed by atoms with Crippen molar-refractivity contribution in [3.63, 3.8) is 0 Å². The summed E-state index contributed by atoms with van der Waals surface area (Å²) in [4.78, 5) is 10.3. The zero-order chi connectivity index (χ0) is 9.40. The summed E-state index contributed by atoms with van der Waals surface area (Å²) in [7, 11) is 0. The second-order valence-corrected chi connectivity index (χ2v) is 3.02. The number of unbranched alkanes of at least 4 members (excludes halogenated alkanes) is 1. The van der Waals surface area contributed by atoms with Crippen LogP contribution in [-0.2, 0) is 9.53 Å². The number of esters is 1. The highest BCUT2D eigenvalue weighted by molar-refractivity contribution is 6.35. The SMILES string of the molecule is CC(=O)OCCCC=C(Cl)CCl. The fourth-order valence-corrected chi connectivity index (χ4v) is 0.831. The predicted molar refractivity (Wildman–Crippen MR) is 50.5 cm³/mol. The molecule has 0 aliphatic carbocycles. The van der Waals surface area contributed by atoms with Gasteiger partial charge in [-0.05, 0) is 12.8 Å². The van der Waals surface area contributed by atoms with Crippen molar-refractivity contribution in [2.75, 3.05) is 12.5 Å². The van der Waals surface area contributed by atoms with E-state index in [9.17, 15) is 4.79 Å². The lowest BCUT2D eigenvalue weighted by molar-refractivity contribution is -0.141. The van der Waals surface area contributed by atoms with Crippen molar-refractivity contribution < 1.29 is 9.53 Å². The van der Waals surface area contributed by atoms with Crippen LogP contribution in [0.15, 0.2) is 11.1 Å². The summed E-state index contributed by atoms with van der Waals surface area (Å²) in [5.74, 6) is 0.0946. The summed E-state index contributed by atoms with van der Waals surface area (Å²) in [5.41, 5.74) is 0. The number of halogens is 2. The van der Waals surface area contributed by atoms with Gasteiger partial charge in [0.2, 0.25) is 0 Å². The third kappa shape index (κ3) is 7.89. The summed E-state index contributed by atoms with van der Waals surface area (Å²) in [5, 5.41) is 0.638. The number of hydrogen-bond acceptors (Lipinski definition) is 2. The van der Waals surface area contributed by atoms with Crippen molar-refractivity contribution in [3.05, 3.63) is 11.1 Å². The van der Waals surface area contributed by atoms with E-state index in [0.29, 0.717) is 17.5 Å². The molecule has 0 radical (unpaired) electrons. The van der Waals surface area contributed by atoms with Gasteiger partial charge < -0.3 is 4.74 Å². The summed E-state index contributed by atoms with van der Waals surface area (Å²) >= 11 is 11.1. The molecule has 0 aliphatic heterocycles. The topological polar surface area (TPSA) is 26.3 Å². The van der Waals surface area contributed by atoms with Crippen LogP contribution >= 0.6 is 23.2 Å². The zero-order valence-corrected chi connectivity index (χ0v) is 8.49. The van der Waals surface area contributed by atoms with Gasteiger partial charge in [-0.3, -0.25) is 4.79 Å². The molecule has 2 nitrogen and oxygen atoms in total. The minimum atomic E-state index is -0.248. The van der Waals surface area contributed by atoms with E-state index >= 15 is 0 Å². The molecule has 0 amide bonds. The molecule has 70 valence electrons. The maximum absolute atomic E-state index is 10.3. The molecule has 0 spiro atoms. The van der Waals surface area contributed by atoms with Crippen molar-refractivity contribution in [2.45, 2.75) is 19.8 Å². The van der Waals surface area contributed by atoms with Gasteiger partial charge in [0.25, 0.3) is 0 Å². The number of carbonyl (C=O) groups excluding carboxylic acids is 1. The van der Waals surface area contributed by atoms with E-state index < -0.39 is 0 Å². The molecule has 0 aliphatic rings. The van der Waals surface area contributed by atoms with Crippen molar-refractivity contribution in [2.24, 2.45) is 0 Å². The number of rotatable bonds is 5. The molecular formula is C8H12Cl2O2. The highest BCUT2D eigenvalue weighted by Gasteiger charge is 1.92. The second kappa shape index (κ2) is 7.44. The van der Waals surface area contributed by atoms with Gasteiger partial charge in [0.1, 0.15) is 0 Å². The molecule has 0 N–H and O–H groups in total. The molecule has 0 aromatic heterocycles. The first kappa shape index (κ1) is 11.8. The Balaban J connectivity index is 3.27. The van der Waals surface area contributed by atoms with E-state index in [1.165, 1.54) is 6.92 Å². The Morgan fingerprint density at radius 2 is 2.25 bits per heavy atom. The van der Waals surface area contributed by atoms with E-state index in [1.807, 2.05) is 6.08 Å². The van der Waals surface area contributed by atoms with E-state index in [-0.39, 0.29) is 5.97 Å². The lowest BCUT2D eigenvalue weighted by atomic mass is 10.3. The number of alkyl halides is 1. The van der Waals surface area contributed by atoms with Crippen LogP contribution in [0.2, 0.25) is 0 Å². The summed E-state index contributed by atoms with van der Waals surface area (Å²) in [6, 6.07) is 0. The fourth-order valence-electron chi connectivity index (χ4n) is 0.612. The van der Waals surface area contributed by atoms with Crippen molar-refractivity contribution in [1.82, 2.24) is 0 Å². The van der Waals surface area contributed by atoms with Gasteiger partial charge in [0, 0.05) is 12.0 Å². The monoisotopic (exact) mass is 210 g/mol. The molecule has 4 heteroatoms. The van der Waals surface area contributed by atoms with Gasteiger partial charge in [-0.15, -0.1) is 11.6 Å². The molecular weight excluding hydrogens is 199 g/mol. The average Bonchev–Trinajstić information content (AvgIpc) is 2.03. The molecule has 0 unspecified atom stereocenters. The van der Waals surface area contributed by atoms with Crippen molar-refractivity contribution in [3.8, 4) is 0 Å². The molecule has 0 atom stereocenters. The summed E-state index contributed by atoms with van der Waals surface area (Å²) in [6.45, 7) is 1.83. The van der Waals surface area contributed by atoms with Crippen LogP contribution in [0, 0.1) is 0 Å². The number of carbonyl (C=O) groups is 1. The Kier molecular flexibility index (Phi) is 7.31. The minimum absolute atomic E-state index is 0.248. The smallest absolute Gasteiger partial charge is 0.302 e. The normalized spacial score (nSPS) is 11.4. The Labute approximate surface area is 82.5 Å². The predicted octanol–water partition coefficient (Wildman–Crippen LogP) is 2.69. The van der Waals surface area contributed by atoms with Gasteiger partial charge in [-0.25, -0.2) is 0 Å². The maximum Gasteiger partial charge on any atom is 0.302 e. The van der Waals surface area contributed by atoms with E-state index in [1.54, 1.807) is 0 Å². The molecule has 12 heavy (non-hydrogen) atoms. The van der Waals surface area contributed by atoms with Crippen LogP contribution in [0.3, 0.4) is 0 Å². The molecule has 0 heterocycles. The first-order valence-electron chi connectivity index (χ1n) is 3.70. The third-order valence-corrected chi connectivity index (χ3v) is 1.86. The minimum Gasteiger partial charge on any atom is -0.466 e. The Morgan fingerprint density at radius 3 is 2.75 bits per heavy atom. The van der Waals surface area contributed by atoms with Crippen LogP contribution in [0.25, 0.3) is 0 Å². The molecule has 0 aromatic carbocycles. The lowest BCUT2D eigenvalue weighted by Gasteiger charge is -1.98. The Morgan fingerprint density at radius 1 is 1.58 bits per heavy atom.